The summed E-state index contributed by atoms with van der Waals surface area (Å²) >= 11 is 0. The second-order valence-corrected chi connectivity index (χ2v) is 7.31. The molecule has 2 aliphatic rings. The molecule has 0 spiro atoms. The maximum atomic E-state index is 12.6. The van der Waals surface area contributed by atoms with E-state index in [4.69, 9.17) is 0 Å². The van der Waals surface area contributed by atoms with Gasteiger partial charge in [-0.1, -0.05) is 30.3 Å². The van der Waals surface area contributed by atoms with Gasteiger partial charge in [-0.15, -0.1) is 0 Å². The molecule has 1 aromatic rings. The van der Waals surface area contributed by atoms with E-state index in [1.54, 1.807) is 0 Å². The maximum Gasteiger partial charge on any atom is 0.224 e. The summed E-state index contributed by atoms with van der Waals surface area (Å²) in [5.74, 6) is 0.951. The number of carbonyl (C=O) groups is 1. The summed E-state index contributed by atoms with van der Waals surface area (Å²) in [5, 5.41) is 3.44. The van der Waals surface area contributed by atoms with E-state index < -0.39 is 0 Å². The lowest BCUT2D eigenvalue weighted by atomic mass is 10.1. The van der Waals surface area contributed by atoms with Crippen molar-refractivity contribution in [1.29, 1.82) is 0 Å². The minimum Gasteiger partial charge on any atom is -0.343 e. The normalized spacial score (nSPS) is 24.4. The third kappa shape index (κ3) is 4.81. The SMILES string of the molecule is CCN(CC1CCN(Cc2ccccc2)C1)C(=O)CC1CCCN1. The Kier molecular flexibility index (Phi) is 6.27. The fraction of sp³-hybridized carbons (Fsp3) is 0.650. The quantitative estimate of drug-likeness (QED) is 0.835. The van der Waals surface area contributed by atoms with Gasteiger partial charge in [-0.25, -0.2) is 0 Å². The van der Waals surface area contributed by atoms with Crippen molar-refractivity contribution in [2.45, 2.75) is 45.2 Å². The zero-order chi connectivity index (χ0) is 16.8. The van der Waals surface area contributed by atoms with Crippen LogP contribution in [0.3, 0.4) is 0 Å². The first-order valence-corrected chi connectivity index (χ1v) is 9.52. The van der Waals surface area contributed by atoms with Gasteiger partial charge in [0.25, 0.3) is 0 Å². The first kappa shape index (κ1) is 17.4. The highest BCUT2D eigenvalue weighted by atomic mass is 16.2. The highest BCUT2D eigenvalue weighted by Gasteiger charge is 2.27. The molecule has 0 radical (unpaired) electrons. The molecule has 0 aliphatic carbocycles. The number of rotatable bonds is 7. The molecule has 0 aromatic heterocycles. The van der Waals surface area contributed by atoms with Crippen molar-refractivity contribution < 1.29 is 4.79 Å². The van der Waals surface area contributed by atoms with Gasteiger partial charge in [0.15, 0.2) is 0 Å². The molecule has 2 fully saturated rings. The Labute approximate surface area is 146 Å². The van der Waals surface area contributed by atoms with Crippen LogP contribution in [0, 0.1) is 5.92 Å². The van der Waals surface area contributed by atoms with Gasteiger partial charge in [-0.05, 0) is 50.8 Å². The summed E-state index contributed by atoms with van der Waals surface area (Å²) in [6, 6.07) is 11.1. The van der Waals surface area contributed by atoms with Gasteiger partial charge in [-0.2, -0.15) is 0 Å². The van der Waals surface area contributed by atoms with Crippen LogP contribution in [-0.2, 0) is 11.3 Å². The molecule has 132 valence electrons. The van der Waals surface area contributed by atoms with Crippen LogP contribution >= 0.6 is 0 Å². The third-order valence-electron chi connectivity index (χ3n) is 5.42. The fourth-order valence-corrected chi connectivity index (χ4v) is 4.04. The van der Waals surface area contributed by atoms with Crippen LogP contribution < -0.4 is 5.32 Å². The molecule has 1 aromatic carbocycles. The van der Waals surface area contributed by atoms with Crippen LogP contribution in [0.2, 0.25) is 0 Å². The molecule has 3 rings (SSSR count). The van der Waals surface area contributed by atoms with Crippen LogP contribution in [0.15, 0.2) is 30.3 Å². The second kappa shape index (κ2) is 8.63. The van der Waals surface area contributed by atoms with E-state index >= 15 is 0 Å². The molecule has 0 saturated carbocycles. The largest absolute Gasteiger partial charge is 0.343 e. The molecule has 2 unspecified atom stereocenters. The van der Waals surface area contributed by atoms with Crippen LogP contribution in [-0.4, -0.2) is 54.5 Å². The van der Waals surface area contributed by atoms with Gasteiger partial charge in [0.05, 0.1) is 0 Å². The second-order valence-electron chi connectivity index (χ2n) is 7.31. The Morgan fingerprint density at radius 2 is 2.12 bits per heavy atom. The zero-order valence-electron chi connectivity index (χ0n) is 14.9. The highest BCUT2D eigenvalue weighted by molar-refractivity contribution is 5.76. The molecule has 2 atom stereocenters. The molecular weight excluding hydrogens is 298 g/mol. The maximum absolute atomic E-state index is 12.6. The van der Waals surface area contributed by atoms with Crippen molar-refractivity contribution in [3.8, 4) is 0 Å². The molecular formula is C20H31N3O. The van der Waals surface area contributed by atoms with E-state index in [-0.39, 0.29) is 0 Å². The Morgan fingerprint density at radius 3 is 2.83 bits per heavy atom. The van der Waals surface area contributed by atoms with Crippen molar-refractivity contribution in [3.05, 3.63) is 35.9 Å². The van der Waals surface area contributed by atoms with Gasteiger partial charge in [0, 0.05) is 38.6 Å². The first-order chi connectivity index (χ1) is 11.7. The summed E-state index contributed by atoms with van der Waals surface area (Å²) in [7, 11) is 0. The number of nitrogens with zero attached hydrogens (tertiary/aromatic N) is 2. The van der Waals surface area contributed by atoms with E-state index in [1.165, 1.54) is 18.4 Å². The van der Waals surface area contributed by atoms with E-state index in [9.17, 15) is 4.79 Å². The van der Waals surface area contributed by atoms with Crippen molar-refractivity contribution >= 4 is 5.91 Å². The Hall–Kier alpha value is -1.39. The predicted molar refractivity (Wildman–Crippen MR) is 97.7 cm³/mol. The first-order valence-electron chi connectivity index (χ1n) is 9.52. The molecule has 4 nitrogen and oxygen atoms in total. The van der Waals surface area contributed by atoms with Crippen molar-refractivity contribution in [3.63, 3.8) is 0 Å². The van der Waals surface area contributed by atoms with Crippen LogP contribution in [0.25, 0.3) is 0 Å². The molecule has 4 heteroatoms. The Bertz CT molecular complexity index is 513. The lowest BCUT2D eigenvalue weighted by Crippen LogP contribution is -2.39. The fourth-order valence-electron chi connectivity index (χ4n) is 4.04. The third-order valence-corrected chi connectivity index (χ3v) is 5.42. The van der Waals surface area contributed by atoms with E-state index in [0.717, 1.165) is 45.7 Å². The van der Waals surface area contributed by atoms with Crippen molar-refractivity contribution in [2.24, 2.45) is 5.92 Å². The molecule has 1 N–H and O–H groups in total. The monoisotopic (exact) mass is 329 g/mol. The molecule has 24 heavy (non-hydrogen) atoms. The molecule has 1 amide bonds. The van der Waals surface area contributed by atoms with Crippen LogP contribution in [0.4, 0.5) is 0 Å². The van der Waals surface area contributed by atoms with Crippen LogP contribution in [0.1, 0.15) is 38.2 Å². The number of hydrogen-bond donors (Lipinski definition) is 1. The minimum absolute atomic E-state index is 0.332. The average Bonchev–Trinajstić information content (AvgIpc) is 3.25. The number of likely N-dealkylation sites (tertiary alicyclic amines) is 1. The summed E-state index contributed by atoms with van der Waals surface area (Å²) < 4.78 is 0. The minimum atomic E-state index is 0.332. The van der Waals surface area contributed by atoms with Gasteiger partial charge >= 0.3 is 0 Å². The van der Waals surface area contributed by atoms with Crippen molar-refractivity contribution in [1.82, 2.24) is 15.1 Å². The van der Waals surface area contributed by atoms with Crippen molar-refractivity contribution in [2.75, 3.05) is 32.7 Å². The number of amides is 1. The zero-order valence-corrected chi connectivity index (χ0v) is 14.9. The summed E-state index contributed by atoms with van der Waals surface area (Å²) in [5.41, 5.74) is 1.38. The van der Waals surface area contributed by atoms with E-state index in [1.807, 2.05) is 0 Å². The summed E-state index contributed by atoms with van der Waals surface area (Å²) in [6.45, 7) is 8.23. The van der Waals surface area contributed by atoms with Gasteiger partial charge < -0.3 is 10.2 Å². The standard InChI is InChI=1S/C20H31N3O/c1-2-23(20(24)13-19-9-6-11-21-19)16-18-10-12-22(15-18)14-17-7-4-3-5-8-17/h3-5,7-8,18-19,21H,2,6,9-16H2,1H3. The topological polar surface area (TPSA) is 35.6 Å². The Morgan fingerprint density at radius 1 is 1.29 bits per heavy atom. The average molecular weight is 329 g/mol. The number of hydrogen-bond acceptors (Lipinski definition) is 3. The lowest BCUT2D eigenvalue weighted by Gasteiger charge is -2.26. The predicted octanol–water partition coefficient (Wildman–Crippen LogP) is 2.50. The molecule has 2 heterocycles. The van der Waals surface area contributed by atoms with Gasteiger partial charge in [-0.3, -0.25) is 9.69 Å². The number of benzene rings is 1. The van der Waals surface area contributed by atoms with Gasteiger partial charge in [0.1, 0.15) is 0 Å². The molecule has 2 aliphatic heterocycles. The lowest BCUT2D eigenvalue weighted by molar-refractivity contribution is -0.132. The smallest absolute Gasteiger partial charge is 0.224 e. The molecule has 2 saturated heterocycles. The highest BCUT2D eigenvalue weighted by Crippen LogP contribution is 2.20. The van der Waals surface area contributed by atoms with E-state index in [2.05, 4.69) is 52.4 Å². The van der Waals surface area contributed by atoms with E-state index in [0.29, 0.717) is 24.3 Å². The number of carbonyl (C=O) groups excluding carboxylic acids is 1. The Balaban J connectivity index is 1.45. The van der Waals surface area contributed by atoms with Gasteiger partial charge in [0.2, 0.25) is 5.91 Å². The number of nitrogens with one attached hydrogen (secondary N) is 1. The summed E-state index contributed by atoms with van der Waals surface area (Å²) in [4.78, 5) is 17.2. The van der Waals surface area contributed by atoms with Crippen LogP contribution in [0.5, 0.6) is 0 Å². The molecule has 0 bridgehead atoms. The summed E-state index contributed by atoms with van der Waals surface area (Å²) in [6.07, 6.45) is 4.24.